The number of nitrogen functional groups attached to an aromatic ring is 1. The molecule has 0 saturated heterocycles. The third-order valence-electron chi connectivity index (χ3n) is 3.16. The van der Waals surface area contributed by atoms with Crippen molar-refractivity contribution >= 4 is 39.7 Å². The van der Waals surface area contributed by atoms with Crippen LogP contribution in [0.5, 0.6) is 0 Å². The standard InChI is InChI=1S/C14H17Cl2N3OS/c1-3-11-14(16)12(19(4-2)18-11)8-21(20)13-7-9(17)5-6-10(13)15/h5-7H,3-4,8,17H2,1-2H3. The van der Waals surface area contributed by atoms with Crippen molar-refractivity contribution in [1.82, 2.24) is 9.78 Å². The van der Waals surface area contributed by atoms with Crippen LogP contribution in [-0.2, 0) is 29.5 Å². The maximum atomic E-state index is 12.6. The maximum absolute atomic E-state index is 12.6. The Kier molecular flexibility index (Phi) is 5.30. The molecule has 1 aromatic carbocycles. The van der Waals surface area contributed by atoms with Gasteiger partial charge in [0.2, 0.25) is 0 Å². The Morgan fingerprint density at radius 3 is 2.67 bits per heavy atom. The smallest absolute Gasteiger partial charge is 0.0859 e. The Morgan fingerprint density at radius 2 is 2.05 bits per heavy atom. The van der Waals surface area contributed by atoms with Gasteiger partial charge in [0.25, 0.3) is 0 Å². The monoisotopic (exact) mass is 345 g/mol. The maximum Gasteiger partial charge on any atom is 0.0859 e. The molecule has 0 radical (unpaired) electrons. The highest BCUT2D eigenvalue weighted by molar-refractivity contribution is 7.84. The van der Waals surface area contributed by atoms with Crippen LogP contribution in [0.2, 0.25) is 10.0 Å². The second kappa shape index (κ2) is 6.81. The predicted octanol–water partition coefficient (Wildman–Crippen LogP) is 3.66. The zero-order valence-electron chi connectivity index (χ0n) is 11.9. The highest BCUT2D eigenvalue weighted by atomic mass is 35.5. The van der Waals surface area contributed by atoms with Gasteiger partial charge in [-0.05, 0) is 31.5 Å². The molecule has 0 saturated carbocycles. The molecule has 0 bridgehead atoms. The molecule has 7 heteroatoms. The minimum Gasteiger partial charge on any atom is -0.399 e. The molecule has 0 amide bonds. The second-order valence-electron chi connectivity index (χ2n) is 4.56. The Morgan fingerprint density at radius 1 is 1.33 bits per heavy atom. The fraction of sp³-hybridized carbons (Fsp3) is 0.357. The van der Waals surface area contributed by atoms with Gasteiger partial charge in [-0.2, -0.15) is 5.10 Å². The molecule has 114 valence electrons. The molecule has 0 aliphatic rings. The summed E-state index contributed by atoms with van der Waals surface area (Å²) in [5.41, 5.74) is 7.86. The first-order valence-electron chi connectivity index (χ1n) is 6.65. The van der Waals surface area contributed by atoms with Crippen molar-refractivity contribution in [1.29, 1.82) is 0 Å². The molecule has 0 fully saturated rings. The lowest BCUT2D eigenvalue weighted by atomic mass is 10.3. The first-order valence-corrected chi connectivity index (χ1v) is 8.72. The van der Waals surface area contributed by atoms with E-state index in [1.807, 2.05) is 13.8 Å². The molecule has 4 nitrogen and oxygen atoms in total. The highest BCUT2D eigenvalue weighted by Gasteiger charge is 2.18. The Bertz CT molecular complexity index is 685. The number of nitrogens with two attached hydrogens (primary N) is 1. The van der Waals surface area contributed by atoms with Crippen LogP contribution in [0.15, 0.2) is 23.1 Å². The van der Waals surface area contributed by atoms with Crippen molar-refractivity contribution in [3.05, 3.63) is 39.6 Å². The SMILES string of the molecule is CCc1nn(CC)c(CS(=O)c2cc(N)ccc2Cl)c1Cl. The van der Waals surface area contributed by atoms with Crippen molar-refractivity contribution in [3.8, 4) is 0 Å². The van der Waals surface area contributed by atoms with Crippen molar-refractivity contribution in [2.24, 2.45) is 0 Å². The molecule has 2 rings (SSSR count). The summed E-state index contributed by atoms with van der Waals surface area (Å²) in [7, 11) is -1.32. The van der Waals surface area contributed by atoms with Gasteiger partial charge in [-0.1, -0.05) is 30.1 Å². The number of hydrogen-bond donors (Lipinski definition) is 1. The summed E-state index contributed by atoms with van der Waals surface area (Å²) in [4.78, 5) is 0.523. The van der Waals surface area contributed by atoms with Gasteiger partial charge in [-0.15, -0.1) is 0 Å². The Hall–Kier alpha value is -1.04. The zero-order chi connectivity index (χ0) is 15.6. The van der Waals surface area contributed by atoms with Gasteiger partial charge in [0.05, 0.1) is 42.9 Å². The number of halogens is 2. The van der Waals surface area contributed by atoms with E-state index in [-0.39, 0.29) is 5.75 Å². The van der Waals surface area contributed by atoms with Crippen molar-refractivity contribution in [2.75, 3.05) is 5.73 Å². The summed E-state index contributed by atoms with van der Waals surface area (Å²) in [5.74, 6) is 0.267. The van der Waals surface area contributed by atoms with Crippen molar-refractivity contribution < 1.29 is 4.21 Å². The minimum atomic E-state index is -1.32. The summed E-state index contributed by atoms with van der Waals surface area (Å²) >= 11 is 12.4. The van der Waals surface area contributed by atoms with Crippen LogP contribution in [0, 0.1) is 0 Å². The molecule has 0 aliphatic carbocycles. The number of aromatic nitrogens is 2. The van der Waals surface area contributed by atoms with E-state index < -0.39 is 10.8 Å². The van der Waals surface area contributed by atoms with Crippen molar-refractivity contribution in [3.63, 3.8) is 0 Å². The van der Waals surface area contributed by atoms with E-state index in [4.69, 9.17) is 28.9 Å². The molecule has 1 heterocycles. The third kappa shape index (κ3) is 3.42. The van der Waals surface area contributed by atoms with Crippen LogP contribution in [0.3, 0.4) is 0 Å². The summed E-state index contributed by atoms with van der Waals surface area (Å²) in [6.45, 7) is 4.64. The van der Waals surface area contributed by atoms with Gasteiger partial charge < -0.3 is 5.73 Å². The molecule has 21 heavy (non-hydrogen) atoms. The van der Waals surface area contributed by atoms with Crippen LogP contribution in [0.25, 0.3) is 0 Å². The third-order valence-corrected chi connectivity index (χ3v) is 5.40. The van der Waals surface area contributed by atoms with E-state index in [0.717, 1.165) is 17.8 Å². The summed E-state index contributed by atoms with van der Waals surface area (Å²) in [5, 5.41) is 5.46. The van der Waals surface area contributed by atoms with Gasteiger partial charge >= 0.3 is 0 Å². The number of benzene rings is 1. The van der Waals surface area contributed by atoms with Gasteiger partial charge in [-0.25, -0.2) is 0 Å². The van der Waals surface area contributed by atoms with E-state index in [2.05, 4.69) is 5.10 Å². The molecule has 0 spiro atoms. The molecule has 0 aliphatic heterocycles. The molecule has 1 unspecified atom stereocenters. The van der Waals surface area contributed by atoms with E-state index in [1.54, 1.807) is 22.9 Å². The van der Waals surface area contributed by atoms with Gasteiger partial charge in [0.15, 0.2) is 0 Å². The number of aryl methyl sites for hydroxylation is 2. The molecule has 2 aromatic rings. The van der Waals surface area contributed by atoms with E-state index >= 15 is 0 Å². The van der Waals surface area contributed by atoms with Gasteiger partial charge in [0, 0.05) is 12.2 Å². The molecular formula is C14H17Cl2N3OS. The minimum absolute atomic E-state index is 0.267. The fourth-order valence-electron chi connectivity index (χ4n) is 2.05. The van der Waals surface area contributed by atoms with Crippen molar-refractivity contribution in [2.45, 2.75) is 37.5 Å². The normalized spacial score (nSPS) is 12.6. The van der Waals surface area contributed by atoms with Crippen LogP contribution in [0.4, 0.5) is 5.69 Å². The van der Waals surface area contributed by atoms with Crippen LogP contribution in [-0.4, -0.2) is 14.0 Å². The lowest BCUT2D eigenvalue weighted by Gasteiger charge is -2.08. The lowest BCUT2D eigenvalue weighted by Crippen LogP contribution is -2.07. The molecular weight excluding hydrogens is 329 g/mol. The summed E-state index contributed by atoms with van der Waals surface area (Å²) in [6.07, 6.45) is 0.741. The lowest BCUT2D eigenvalue weighted by molar-refractivity contribution is 0.623. The first-order chi connectivity index (χ1) is 9.97. The highest BCUT2D eigenvalue weighted by Crippen LogP contribution is 2.28. The van der Waals surface area contributed by atoms with E-state index in [1.165, 1.54) is 0 Å². The molecule has 2 N–H and O–H groups in total. The number of nitrogens with zero attached hydrogens (tertiary/aromatic N) is 2. The second-order valence-corrected chi connectivity index (χ2v) is 6.76. The van der Waals surface area contributed by atoms with Crippen LogP contribution >= 0.6 is 23.2 Å². The number of hydrogen-bond acceptors (Lipinski definition) is 3. The predicted molar refractivity (Wildman–Crippen MR) is 88.3 cm³/mol. The summed E-state index contributed by atoms with van der Waals surface area (Å²) < 4.78 is 14.4. The summed E-state index contributed by atoms with van der Waals surface area (Å²) in [6, 6.07) is 4.97. The average Bonchev–Trinajstić information content (AvgIpc) is 2.77. The van der Waals surface area contributed by atoms with Crippen LogP contribution < -0.4 is 5.73 Å². The van der Waals surface area contributed by atoms with Gasteiger partial charge in [0.1, 0.15) is 0 Å². The quantitative estimate of drug-likeness (QED) is 0.841. The van der Waals surface area contributed by atoms with Crippen LogP contribution in [0.1, 0.15) is 25.2 Å². The molecule has 1 aromatic heterocycles. The number of rotatable bonds is 5. The van der Waals surface area contributed by atoms with E-state index in [9.17, 15) is 4.21 Å². The van der Waals surface area contributed by atoms with Gasteiger partial charge in [-0.3, -0.25) is 8.89 Å². The zero-order valence-corrected chi connectivity index (χ0v) is 14.2. The Labute approximate surface area is 136 Å². The van der Waals surface area contributed by atoms with E-state index in [0.29, 0.717) is 27.2 Å². The molecule has 1 atom stereocenters. The first kappa shape index (κ1) is 16.3. The Balaban J connectivity index is 2.35. The average molecular weight is 346 g/mol. The largest absolute Gasteiger partial charge is 0.399 e. The topological polar surface area (TPSA) is 60.9 Å². The number of anilines is 1. The fourth-order valence-corrected chi connectivity index (χ4v) is 4.09.